The number of hydrogen-bond donors (Lipinski definition) is 1. The van der Waals surface area contributed by atoms with Gasteiger partial charge in [0.2, 0.25) is 0 Å². The SMILES string of the molecule is CC(=O)[C@H]1CC[C@H]2[C@@H]3CCC4CC(=O)CC(CCCCCC(=O)O)[C@]4(C)[C@H]3CC[C@]12C. The summed E-state index contributed by atoms with van der Waals surface area (Å²) in [5.41, 5.74) is 0.423. The molecule has 0 saturated heterocycles. The lowest BCUT2D eigenvalue weighted by Gasteiger charge is -2.62. The van der Waals surface area contributed by atoms with Gasteiger partial charge in [-0.05, 0) is 98.7 Å². The number of carbonyl (C=O) groups excluding carboxylic acids is 2. The van der Waals surface area contributed by atoms with Gasteiger partial charge in [0.15, 0.2) is 0 Å². The van der Waals surface area contributed by atoms with Crippen molar-refractivity contribution in [2.75, 3.05) is 0 Å². The minimum absolute atomic E-state index is 0.188. The van der Waals surface area contributed by atoms with Gasteiger partial charge in [0.05, 0.1) is 0 Å². The first-order valence-electron chi connectivity index (χ1n) is 12.9. The van der Waals surface area contributed by atoms with Crippen molar-refractivity contribution in [3.8, 4) is 0 Å². The molecule has 174 valence electrons. The van der Waals surface area contributed by atoms with Crippen LogP contribution in [0.3, 0.4) is 0 Å². The monoisotopic (exact) mass is 430 g/mol. The van der Waals surface area contributed by atoms with Crippen molar-refractivity contribution in [3.63, 3.8) is 0 Å². The molecular weight excluding hydrogens is 388 g/mol. The molecular formula is C27H42O4. The van der Waals surface area contributed by atoms with E-state index in [2.05, 4.69) is 13.8 Å². The van der Waals surface area contributed by atoms with E-state index in [0.717, 1.165) is 44.9 Å². The van der Waals surface area contributed by atoms with Crippen LogP contribution in [0.25, 0.3) is 0 Å². The van der Waals surface area contributed by atoms with Crippen LogP contribution >= 0.6 is 0 Å². The molecule has 0 spiro atoms. The van der Waals surface area contributed by atoms with Gasteiger partial charge in [-0.3, -0.25) is 14.4 Å². The van der Waals surface area contributed by atoms with Crippen LogP contribution in [-0.2, 0) is 14.4 Å². The molecule has 4 rings (SSSR count). The van der Waals surface area contributed by atoms with Gasteiger partial charge in [-0.15, -0.1) is 0 Å². The van der Waals surface area contributed by atoms with Crippen LogP contribution in [0.2, 0.25) is 0 Å². The van der Waals surface area contributed by atoms with Crippen molar-refractivity contribution in [1.29, 1.82) is 0 Å². The van der Waals surface area contributed by atoms with Crippen LogP contribution in [0.4, 0.5) is 0 Å². The maximum absolute atomic E-state index is 12.6. The number of fused-ring (bicyclic) bond motifs is 5. The number of carboxylic acids is 1. The van der Waals surface area contributed by atoms with Gasteiger partial charge >= 0.3 is 5.97 Å². The highest BCUT2D eigenvalue weighted by molar-refractivity contribution is 5.80. The van der Waals surface area contributed by atoms with E-state index in [1.165, 1.54) is 32.1 Å². The van der Waals surface area contributed by atoms with E-state index in [9.17, 15) is 14.4 Å². The van der Waals surface area contributed by atoms with Crippen molar-refractivity contribution in [3.05, 3.63) is 0 Å². The normalized spacial score (nSPS) is 44.3. The number of carbonyl (C=O) groups is 3. The maximum Gasteiger partial charge on any atom is 0.303 e. The Hall–Kier alpha value is -1.19. The fourth-order valence-corrected chi connectivity index (χ4v) is 9.21. The Bertz CT molecular complexity index is 729. The van der Waals surface area contributed by atoms with Crippen LogP contribution in [-0.4, -0.2) is 22.6 Å². The third-order valence-corrected chi connectivity index (χ3v) is 10.7. The Morgan fingerprint density at radius 1 is 0.968 bits per heavy atom. The number of ketones is 2. The molecule has 1 N–H and O–H groups in total. The molecule has 0 heterocycles. The van der Waals surface area contributed by atoms with Gasteiger partial charge in [-0.25, -0.2) is 0 Å². The topological polar surface area (TPSA) is 71.4 Å². The highest BCUT2D eigenvalue weighted by Crippen LogP contribution is 2.68. The van der Waals surface area contributed by atoms with Crippen molar-refractivity contribution in [2.24, 2.45) is 46.3 Å². The summed E-state index contributed by atoms with van der Waals surface area (Å²) in [6.07, 6.45) is 12.7. The van der Waals surface area contributed by atoms with E-state index in [1.807, 2.05) is 0 Å². The number of Topliss-reactive ketones (excluding diaryl/α,β-unsaturated/α-hetero) is 2. The third kappa shape index (κ3) is 3.91. The molecule has 4 heteroatoms. The predicted molar refractivity (Wildman–Crippen MR) is 120 cm³/mol. The minimum atomic E-state index is -0.708. The van der Waals surface area contributed by atoms with Gasteiger partial charge in [0.1, 0.15) is 11.6 Å². The van der Waals surface area contributed by atoms with E-state index in [-0.39, 0.29) is 23.2 Å². The molecule has 31 heavy (non-hydrogen) atoms. The fraction of sp³-hybridized carbons (Fsp3) is 0.889. The van der Waals surface area contributed by atoms with Gasteiger partial charge in [0.25, 0.3) is 0 Å². The summed E-state index contributed by atoms with van der Waals surface area (Å²) in [6, 6.07) is 0. The zero-order valence-corrected chi connectivity index (χ0v) is 19.8. The van der Waals surface area contributed by atoms with Crippen molar-refractivity contribution < 1.29 is 19.5 Å². The van der Waals surface area contributed by atoms with Crippen LogP contribution in [0, 0.1) is 46.3 Å². The largest absolute Gasteiger partial charge is 0.481 e. The van der Waals surface area contributed by atoms with Crippen molar-refractivity contribution >= 4 is 17.5 Å². The van der Waals surface area contributed by atoms with E-state index < -0.39 is 5.97 Å². The Balaban J connectivity index is 1.52. The molecule has 8 atom stereocenters. The van der Waals surface area contributed by atoms with E-state index in [0.29, 0.717) is 41.2 Å². The van der Waals surface area contributed by atoms with Crippen molar-refractivity contribution in [1.82, 2.24) is 0 Å². The summed E-state index contributed by atoms with van der Waals surface area (Å²) in [5, 5.41) is 8.90. The zero-order chi connectivity index (χ0) is 22.4. The van der Waals surface area contributed by atoms with E-state index in [1.54, 1.807) is 6.92 Å². The Labute approximate surface area is 187 Å². The van der Waals surface area contributed by atoms with Gasteiger partial charge < -0.3 is 5.11 Å². The lowest BCUT2D eigenvalue weighted by atomic mass is 9.42. The first-order valence-corrected chi connectivity index (χ1v) is 12.9. The average Bonchev–Trinajstić information content (AvgIpc) is 3.05. The maximum atomic E-state index is 12.6. The van der Waals surface area contributed by atoms with Gasteiger partial charge in [-0.1, -0.05) is 26.7 Å². The molecule has 0 radical (unpaired) electrons. The lowest BCUT2D eigenvalue weighted by Crippen LogP contribution is -2.57. The average molecular weight is 431 g/mol. The highest BCUT2D eigenvalue weighted by Gasteiger charge is 2.62. The number of carboxylic acid groups (broad SMARTS) is 1. The summed E-state index contributed by atoms with van der Waals surface area (Å²) < 4.78 is 0. The highest BCUT2D eigenvalue weighted by atomic mass is 16.4. The first kappa shape index (κ1) is 23.0. The molecule has 2 unspecified atom stereocenters. The lowest BCUT2D eigenvalue weighted by molar-refractivity contribution is -0.157. The van der Waals surface area contributed by atoms with Crippen LogP contribution in [0.15, 0.2) is 0 Å². The number of rotatable bonds is 7. The fourth-order valence-electron chi connectivity index (χ4n) is 9.21. The number of unbranched alkanes of at least 4 members (excludes halogenated alkanes) is 2. The second-order valence-corrected chi connectivity index (χ2v) is 11.9. The predicted octanol–water partition coefficient (Wildman–Crippen LogP) is 6.06. The molecule has 4 nitrogen and oxygen atoms in total. The smallest absolute Gasteiger partial charge is 0.303 e. The summed E-state index contributed by atoms with van der Waals surface area (Å²) >= 11 is 0. The Kier molecular flexibility index (Phi) is 6.40. The summed E-state index contributed by atoms with van der Waals surface area (Å²) in [4.78, 5) is 35.8. The van der Waals surface area contributed by atoms with Gasteiger partial charge in [0, 0.05) is 25.2 Å². The van der Waals surface area contributed by atoms with E-state index >= 15 is 0 Å². The second kappa shape index (κ2) is 8.63. The molecule has 0 bridgehead atoms. The molecule has 4 fully saturated rings. The molecule has 0 aliphatic heterocycles. The molecule has 4 aliphatic carbocycles. The van der Waals surface area contributed by atoms with Crippen LogP contribution in [0.5, 0.6) is 0 Å². The second-order valence-electron chi connectivity index (χ2n) is 11.9. The summed E-state index contributed by atoms with van der Waals surface area (Å²) in [5.74, 6) is 3.44. The standard InChI is InChI=1S/C27H42O4/c1-17(28)22-11-12-23-21-10-9-19-16-20(29)15-18(7-5-4-6-8-25(30)31)27(19,3)24(21)13-14-26(22,23)2/h18-19,21-24H,4-16H2,1-3H3,(H,30,31)/t18?,19?,21-,22+,23-,24-,26+,27-/m0/s1. The summed E-state index contributed by atoms with van der Waals surface area (Å²) in [6.45, 7) is 6.73. The van der Waals surface area contributed by atoms with Crippen LogP contribution in [0.1, 0.15) is 104 Å². The Morgan fingerprint density at radius 2 is 1.74 bits per heavy atom. The van der Waals surface area contributed by atoms with Gasteiger partial charge in [-0.2, -0.15) is 0 Å². The zero-order valence-electron chi connectivity index (χ0n) is 19.8. The summed E-state index contributed by atoms with van der Waals surface area (Å²) in [7, 11) is 0. The van der Waals surface area contributed by atoms with Crippen molar-refractivity contribution in [2.45, 2.75) is 104 Å². The van der Waals surface area contributed by atoms with E-state index in [4.69, 9.17) is 5.11 Å². The number of hydrogen-bond acceptors (Lipinski definition) is 3. The molecule has 0 aromatic heterocycles. The molecule has 0 aromatic rings. The molecule has 4 saturated carbocycles. The first-order chi connectivity index (χ1) is 14.7. The molecule has 4 aliphatic rings. The quantitative estimate of drug-likeness (QED) is 0.498. The number of aliphatic carboxylic acids is 1. The molecule has 0 amide bonds. The molecule has 0 aromatic carbocycles. The van der Waals surface area contributed by atoms with Crippen LogP contribution < -0.4 is 0 Å². The third-order valence-electron chi connectivity index (χ3n) is 10.7. The Morgan fingerprint density at radius 3 is 2.45 bits per heavy atom. The minimum Gasteiger partial charge on any atom is -0.481 e.